The molecule has 0 radical (unpaired) electrons. The maximum atomic E-state index is 13.4. The second-order valence-corrected chi connectivity index (χ2v) is 8.41. The van der Waals surface area contributed by atoms with Gasteiger partial charge in [-0.05, 0) is 25.0 Å². The van der Waals surface area contributed by atoms with E-state index in [0.717, 1.165) is 23.6 Å². The highest BCUT2D eigenvalue weighted by atomic mass is 19.4. The van der Waals surface area contributed by atoms with Crippen molar-refractivity contribution in [2.45, 2.75) is 32.0 Å². The van der Waals surface area contributed by atoms with Crippen LogP contribution < -0.4 is 9.80 Å². The molecule has 12 heteroatoms. The predicted octanol–water partition coefficient (Wildman–Crippen LogP) is 3.61. The first-order valence-corrected chi connectivity index (χ1v) is 10.2. The Hall–Kier alpha value is -3.05. The van der Waals surface area contributed by atoms with E-state index in [0.29, 0.717) is 37.5 Å². The SMILES string of the molecule is FC(F)Cn1ncc2ncc(N3CC4(CCCN(c5ncccc5C(F)(F)F)C4)C3)nc21. The number of anilines is 2. The summed E-state index contributed by atoms with van der Waals surface area (Å²) < 4.78 is 67.0. The predicted molar refractivity (Wildman–Crippen MR) is 107 cm³/mol. The van der Waals surface area contributed by atoms with Gasteiger partial charge in [-0.2, -0.15) is 18.3 Å². The highest BCUT2D eigenvalue weighted by molar-refractivity contribution is 5.71. The zero-order valence-electron chi connectivity index (χ0n) is 16.9. The Morgan fingerprint density at radius 2 is 1.84 bits per heavy atom. The van der Waals surface area contributed by atoms with Gasteiger partial charge in [-0.15, -0.1) is 0 Å². The van der Waals surface area contributed by atoms with Crippen LogP contribution in [0.4, 0.5) is 33.6 Å². The van der Waals surface area contributed by atoms with Crippen molar-refractivity contribution in [1.29, 1.82) is 0 Å². The zero-order valence-corrected chi connectivity index (χ0v) is 16.9. The maximum Gasteiger partial charge on any atom is 0.419 e. The summed E-state index contributed by atoms with van der Waals surface area (Å²) in [5.74, 6) is 0.514. The second kappa shape index (κ2) is 7.52. The van der Waals surface area contributed by atoms with Crippen molar-refractivity contribution in [1.82, 2.24) is 24.7 Å². The molecular formula is C20H20F5N7. The number of piperidine rings is 1. The van der Waals surface area contributed by atoms with E-state index in [1.807, 2.05) is 4.90 Å². The first kappa shape index (κ1) is 20.8. The fourth-order valence-corrected chi connectivity index (χ4v) is 4.70. The molecule has 32 heavy (non-hydrogen) atoms. The number of fused-ring (bicyclic) bond motifs is 1. The molecule has 3 aromatic rings. The van der Waals surface area contributed by atoms with Gasteiger partial charge < -0.3 is 9.80 Å². The van der Waals surface area contributed by atoms with Crippen LogP contribution >= 0.6 is 0 Å². The smallest absolute Gasteiger partial charge is 0.355 e. The maximum absolute atomic E-state index is 13.4. The van der Waals surface area contributed by atoms with Gasteiger partial charge in [-0.3, -0.25) is 0 Å². The molecule has 7 nitrogen and oxygen atoms in total. The molecule has 2 saturated heterocycles. The molecule has 0 N–H and O–H groups in total. The van der Waals surface area contributed by atoms with Gasteiger partial charge in [-0.1, -0.05) is 0 Å². The molecule has 3 aromatic heterocycles. The number of hydrogen-bond acceptors (Lipinski definition) is 6. The Morgan fingerprint density at radius 1 is 1.06 bits per heavy atom. The average Bonchev–Trinajstić information content (AvgIpc) is 3.13. The summed E-state index contributed by atoms with van der Waals surface area (Å²) in [6, 6.07) is 2.36. The van der Waals surface area contributed by atoms with Crippen molar-refractivity contribution in [3.63, 3.8) is 0 Å². The van der Waals surface area contributed by atoms with Gasteiger partial charge in [0.2, 0.25) is 0 Å². The van der Waals surface area contributed by atoms with Gasteiger partial charge in [0, 0.05) is 37.8 Å². The summed E-state index contributed by atoms with van der Waals surface area (Å²) in [4.78, 5) is 16.5. The van der Waals surface area contributed by atoms with E-state index in [1.54, 1.807) is 11.1 Å². The molecule has 170 valence electrons. The molecule has 0 saturated carbocycles. The largest absolute Gasteiger partial charge is 0.419 e. The topological polar surface area (TPSA) is 63.0 Å². The molecule has 0 aromatic carbocycles. The van der Waals surface area contributed by atoms with Crippen molar-refractivity contribution in [2.75, 3.05) is 36.0 Å². The van der Waals surface area contributed by atoms with E-state index in [1.165, 1.54) is 18.5 Å². The summed E-state index contributed by atoms with van der Waals surface area (Å²) in [6.45, 7) is 1.61. The van der Waals surface area contributed by atoms with Crippen molar-refractivity contribution in [2.24, 2.45) is 5.41 Å². The molecule has 1 spiro atoms. The van der Waals surface area contributed by atoms with Crippen LogP contribution in [0.2, 0.25) is 0 Å². The molecule has 0 bridgehead atoms. The molecule has 2 aliphatic rings. The van der Waals surface area contributed by atoms with Crippen LogP contribution in [0, 0.1) is 5.41 Å². The number of pyridine rings is 1. The van der Waals surface area contributed by atoms with Crippen molar-refractivity contribution < 1.29 is 22.0 Å². The number of rotatable bonds is 4. The second-order valence-electron chi connectivity index (χ2n) is 8.41. The highest BCUT2D eigenvalue weighted by Crippen LogP contribution is 2.43. The van der Waals surface area contributed by atoms with Gasteiger partial charge in [-0.25, -0.2) is 28.4 Å². The van der Waals surface area contributed by atoms with Gasteiger partial charge in [0.1, 0.15) is 23.7 Å². The van der Waals surface area contributed by atoms with Crippen LogP contribution in [0.3, 0.4) is 0 Å². The molecular weight excluding hydrogens is 433 g/mol. The minimum atomic E-state index is -4.47. The van der Waals surface area contributed by atoms with Gasteiger partial charge in [0.25, 0.3) is 6.43 Å². The van der Waals surface area contributed by atoms with Crippen LogP contribution in [-0.2, 0) is 12.7 Å². The lowest BCUT2D eigenvalue weighted by molar-refractivity contribution is -0.137. The van der Waals surface area contributed by atoms with Crippen molar-refractivity contribution in [3.05, 3.63) is 36.3 Å². The lowest BCUT2D eigenvalue weighted by atomic mass is 9.73. The van der Waals surface area contributed by atoms with Crippen LogP contribution in [0.5, 0.6) is 0 Å². The zero-order chi connectivity index (χ0) is 22.5. The normalized spacial score (nSPS) is 18.6. The number of alkyl halides is 5. The van der Waals surface area contributed by atoms with E-state index >= 15 is 0 Å². The molecule has 0 atom stereocenters. The standard InChI is InChI=1S/C20H20F5N7/c21-15(22)9-32-18-14(7-28-32)27-8-16(29-18)31-11-19(12-31)4-2-6-30(10-19)17-13(20(23,24)25)3-1-5-26-17/h1,3,5,7-8,15H,2,4,6,9-12H2. The first-order valence-electron chi connectivity index (χ1n) is 10.2. The quantitative estimate of drug-likeness (QED) is 0.563. The fourth-order valence-electron chi connectivity index (χ4n) is 4.70. The first-order chi connectivity index (χ1) is 15.2. The lowest BCUT2D eigenvalue weighted by Crippen LogP contribution is -2.63. The van der Waals surface area contributed by atoms with Crippen LogP contribution in [0.1, 0.15) is 18.4 Å². The molecule has 0 unspecified atom stereocenters. The van der Waals surface area contributed by atoms with E-state index in [-0.39, 0.29) is 16.9 Å². The minimum absolute atomic E-state index is 0.0327. The number of hydrogen-bond donors (Lipinski definition) is 0. The van der Waals surface area contributed by atoms with E-state index in [4.69, 9.17) is 0 Å². The molecule has 0 amide bonds. The molecule has 5 rings (SSSR count). The molecule has 5 heterocycles. The molecule has 2 fully saturated rings. The van der Waals surface area contributed by atoms with Crippen molar-refractivity contribution >= 4 is 22.8 Å². The number of nitrogens with zero attached hydrogens (tertiary/aromatic N) is 7. The third kappa shape index (κ3) is 3.71. The summed E-state index contributed by atoms with van der Waals surface area (Å²) >= 11 is 0. The fraction of sp³-hybridized carbons (Fsp3) is 0.500. The Bertz CT molecular complexity index is 1120. The van der Waals surface area contributed by atoms with Crippen LogP contribution in [-0.4, -0.2) is 57.3 Å². The molecule has 2 aliphatic heterocycles. The highest BCUT2D eigenvalue weighted by Gasteiger charge is 2.47. The van der Waals surface area contributed by atoms with Crippen LogP contribution in [0.15, 0.2) is 30.7 Å². The van der Waals surface area contributed by atoms with Gasteiger partial charge in [0.05, 0.1) is 18.0 Å². The minimum Gasteiger partial charge on any atom is -0.355 e. The average molecular weight is 453 g/mol. The summed E-state index contributed by atoms with van der Waals surface area (Å²) in [5.41, 5.74) is -0.184. The summed E-state index contributed by atoms with van der Waals surface area (Å²) in [6.07, 6.45) is -1.03. The third-order valence-electron chi connectivity index (χ3n) is 6.07. The Labute approximate surface area is 179 Å². The van der Waals surface area contributed by atoms with Crippen LogP contribution in [0.25, 0.3) is 11.2 Å². The monoisotopic (exact) mass is 453 g/mol. The third-order valence-corrected chi connectivity index (χ3v) is 6.07. The van der Waals surface area contributed by atoms with Gasteiger partial charge >= 0.3 is 6.18 Å². The summed E-state index contributed by atoms with van der Waals surface area (Å²) in [5, 5.41) is 3.92. The Morgan fingerprint density at radius 3 is 2.59 bits per heavy atom. The lowest BCUT2D eigenvalue weighted by Gasteiger charge is -2.55. The van der Waals surface area contributed by atoms with Crippen molar-refractivity contribution in [3.8, 4) is 0 Å². The molecule has 0 aliphatic carbocycles. The van der Waals surface area contributed by atoms with E-state index in [9.17, 15) is 22.0 Å². The van der Waals surface area contributed by atoms with E-state index in [2.05, 4.69) is 20.1 Å². The van der Waals surface area contributed by atoms with Gasteiger partial charge in [0.15, 0.2) is 5.65 Å². The summed E-state index contributed by atoms with van der Waals surface area (Å²) in [7, 11) is 0. The number of halogens is 5. The Kier molecular flexibility index (Phi) is 4.90. The number of aromatic nitrogens is 5. The van der Waals surface area contributed by atoms with E-state index < -0.39 is 24.7 Å². The Balaban J connectivity index is 1.34.